The number of hydrogen-bond acceptors (Lipinski definition) is 7. The van der Waals surface area contributed by atoms with Crippen LogP contribution in [0.3, 0.4) is 0 Å². The number of primary amides is 1. The van der Waals surface area contributed by atoms with Gasteiger partial charge in [-0.1, -0.05) is 6.07 Å². The highest BCUT2D eigenvalue weighted by Crippen LogP contribution is 2.22. The first-order valence-corrected chi connectivity index (χ1v) is 9.36. The monoisotopic (exact) mass is 431 g/mol. The van der Waals surface area contributed by atoms with Gasteiger partial charge in [-0.25, -0.2) is 14.8 Å². The van der Waals surface area contributed by atoms with Crippen molar-refractivity contribution in [2.45, 2.75) is 6.92 Å². The number of benzene rings is 1. The van der Waals surface area contributed by atoms with Crippen LogP contribution in [-0.4, -0.2) is 36.8 Å². The van der Waals surface area contributed by atoms with Crippen LogP contribution in [0, 0.1) is 6.92 Å². The van der Waals surface area contributed by atoms with E-state index < -0.39 is 5.91 Å². The molecule has 3 aromatic heterocycles. The minimum atomic E-state index is -0.559. The summed E-state index contributed by atoms with van der Waals surface area (Å²) in [5.41, 5.74) is 6.58. The van der Waals surface area contributed by atoms with E-state index in [1.807, 2.05) is 0 Å². The standard InChI is InChI=1S/C21H17N7O4/c1-12-16(11-24-28(12)17-6-7-18(29)27-26-17)21(31)25-14-5-8-19(23-10-14)32-15-4-2-3-13(9-15)20(22)30/h2-11H,1H3,(H2,22,30)(H,25,31)(H,27,29). The van der Waals surface area contributed by atoms with Gasteiger partial charge in [0.15, 0.2) is 5.82 Å². The molecule has 0 saturated carbocycles. The normalized spacial score (nSPS) is 10.5. The number of amides is 2. The quantitative estimate of drug-likeness (QED) is 0.420. The molecule has 0 atom stereocenters. The first-order valence-electron chi connectivity index (χ1n) is 9.36. The van der Waals surface area contributed by atoms with Crippen molar-refractivity contribution < 1.29 is 14.3 Å². The highest BCUT2D eigenvalue weighted by atomic mass is 16.5. The maximum absolute atomic E-state index is 12.7. The zero-order chi connectivity index (χ0) is 22.7. The summed E-state index contributed by atoms with van der Waals surface area (Å²) in [5, 5.41) is 13.1. The minimum Gasteiger partial charge on any atom is -0.439 e. The minimum absolute atomic E-state index is 0.276. The van der Waals surface area contributed by atoms with Crippen molar-refractivity contribution in [3.63, 3.8) is 0 Å². The van der Waals surface area contributed by atoms with Gasteiger partial charge in [0.1, 0.15) is 5.75 Å². The third kappa shape index (κ3) is 4.36. The van der Waals surface area contributed by atoms with Gasteiger partial charge in [0.2, 0.25) is 11.8 Å². The molecule has 2 amide bonds. The van der Waals surface area contributed by atoms with Crippen LogP contribution in [0.5, 0.6) is 11.6 Å². The second kappa shape index (κ2) is 8.52. The molecule has 160 valence electrons. The van der Waals surface area contributed by atoms with E-state index in [0.29, 0.717) is 34.1 Å². The highest BCUT2D eigenvalue weighted by Gasteiger charge is 2.16. The maximum Gasteiger partial charge on any atom is 0.264 e. The van der Waals surface area contributed by atoms with Crippen LogP contribution in [-0.2, 0) is 0 Å². The lowest BCUT2D eigenvalue weighted by atomic mass is 10.2. The molecule has 0 bridgehead atoms. The Kier molecular flexibility index (Phi) is 5.45. The number of aromatic nitrogens is 5. The fraction of sp³-hybridized carbons (Fsp3) is 0.0476. The van der Waals surface area contributed by atoms with Gasteiger partial charge in [0.25, 0.3) is 11.5 Å². The molecule has 11 nitrogen and oxygen atoms in total. The summed E-state index contributed by atoms with van der Waals surface area (Å²) in [5.74, 6) is 0.117. The Bertz CT molecular complexity index is 1340. The number of nitrogens with one attached hydrogen (secondary N) is 2. The van der Waals surface area contributed by atoms with Crippen molar-refractivity contribution in [1.82, 2.24) is 25.0 Å². The molecule has 0 radical (unpaired) electrons. The number of nitrogens with two attached hydrogens (primary N) is 1. The Morgan fingerprint density at radius 1 is 1.12 bits per heavy atom. The smallest absolute Gasteiger partial charge is 0.264 e. The molecule has 0 spiro atoms. The number of hydrogen-bond donors (Lipinski definition) is 3. The number of carbonyl (C=O) groups is 2. The summed E-state index contributed by atoms with van der Waals surface area (Å²) >= 11 is 0. The summed E-state index contributed by atoms with van der Waals surface area (Å²) in [6.07, 6.45) is 2.85. The molecule has 4 rings (SSSR count). The van der Waals surface area contributed by atoms with E-state index in [1.165, 1.54) is 35.3 Å². The number of ether oxygens (including phenoxy) is 1. The second-order valence-corrected chi connectivity index (χ2v) is 6.67. The van der Waals surface area contributed by atoms with Crippen molar-refractivity contribution in [2.24, 2.45) is 5.73 Å². The average molecular weight is 431 g/mol. The van der Waals surface area contributed by atoms with Gasteiger partial charge in [-0.3, -0.25) is 14.4 Å². The van der Waals surface area contributed by atoms with Gasteiger partial charge in [-0.05, 0) is 37.3 Å². The summed E-state index contributed by atoms with van der Waals surface area (Å²) in [7, 11) is 0. The molecule has 0 unspecified atom stereocenters. The zero-order valence-electron chi connectivity index (χ0n) is 16.8. The van der Waals surface area contributed by atoms with Crippen LogP contribution in [0.25, 0.3) is 5.82 Å². The number of nitrogens with zero attached hydrogens (tertiary/aromatic N) is 4. The van der Waals surface area contributed by atoms with Crippen LogP contribution >= 0.6 is 0 Å². The number of carbonyl (C=O) groups excluding carboxylic acids is 2. The number of rotatable bonds is 6. The zero-order valence-corrected chi connectivity index (χ0v) is 16.8. The van der Waals surface area contributed by atoms with Crippen LogP contribution in [0.2, 0.25) is 0 Å². The molecule has 0 aliphatic carbocycles. The summed E-state index contributed by atoms with van der Waals surface area (Å²) in [4.78, 5) is 39.3. The van der Waals surface area contributed by atoms with E-state index in [2.05, 4.69) is 25.6 Å². The molecule has 1 aromatic carbocycles. The second-order valence-electron chi connectivity index (χ2n) is 6.67. The number of pyridine rings is 1. The van der Waals surface area contributed by atoms with E-state index in [-0.39, 0.29) is 17.3 Å². The van der Waals surface area contributed by atoms with Gasteiger partial charge in [0, 0.05) is 17.7 Å². The summed E-state index contributed by atoms with van der Waals surface area (Å²) in [6.45, 7) is 1.71. The Hall–Kier alpha value is -4.80. The molecule has 4 aromatic rings. The predicted octanol–water partition coefficient (Wildman–Crippen LogP) is 1.80. The van der Waals surface area contributed by atoms with Crippen molar-refractivity contribution in [2.75, 3.05) is 5.32 Å². The molecule has 32 heavy (non-hydrogen) atoms. The molecule has 0 aliphatic heterocycles. The van der Waals surface area contributed by atoms with E-state index in [0.717, 1.165) is 0 Å². The first-order chi connectivity index (χ1) is 15.4. The third-order valence-corrected chi connectivity index (χ3v) is 4.47. The molecular weight excluding hydrogens is 414 g/mol. The lowest BCUT2D eigenvalue weighted by molar-refractivity contribution is 0.0997. The van der Waals surface area contributed by atoms with Gasteiger partial charge in [0.05, 0.1) is 29.3 Å². The highest BCUT2D eigenvalue weighted by molar-refractivity contribution is 6.04. The van der Waals surface area contributed by atoms with E-state index >= 15 is 0 Å². The molecule has 0 saturated heterocycles. The lowest BCUT2D eigenvalue weighted by Crippen LogP contribution is -2.14. The maximum atomic E-state index is 12.7. The van der Waals surface area contributed by atoms with Crippen molar-refractivity contribution in [3.05, 3.63) is 88.1 Å². The topological polar surface area (TPSA) is 158 Å². The van der Waals surface area contributed by atoms with Gasteiger partial charge < -0.3 is 15.8 Å². The van der Waals surface area contributed by atoms with Gasteiger partial charge >= 0.3 is 0 Å². The van der Waals surface area contributed by atoms with Crippen molar-refractivity contribution in [1.29, 1.82) is 0 Å². The van der Waals surface area contributed by atoms with Gasteiger partial charge in [-0.15, -0.1) is 0 Å². The SMILES string of the molecule is Cc1c(C(=O)Nc2ccc(Oc3cccc(C(N)=O)c3)nc2)cnn1-c1ccc(=O)[nH]n1. The third-order valence-electron chi connectivity index (χ3n) is 4.47. The fourth-order valence-electron chi connectivity index (χ4n) is 2.87. The number of H-pyrrole nitrogens is 1. The first kappa shape index (κ1) is 20.5. The Balaban J connectivity index is 1.45. The molecule has 11 heteroatoms. The lowest BCUT2D eigenvalue weighted by Gasteiger charge is -2.08. The summed E-state index contributed by atoms with van der Waals surface area (Å²) in [6, 6.07) is 12.4. The molecule has 0 fully saturated rings. The number of anilines is 1. The van der Waals surface area contributed by atoms with E-state index in [9.17, 15) is 14.4 Å². The van der Waals surface area contributed by atoms with Gasteiger partial charge in [-0.2, -0.15) is 10.2 Å². The van der Waals surface area contributed by atoms with E-state index in [1.54, 1.807) is 37.3 Å². The molecule has 3 heterocycles. The van der Waals surface area contributed by atoms with E-state index in [4.69, 9.17) is 10.5 Å². The van der Waals surface area contributed by atoms with Crippen LogP contribution in [0.4, 0.5) is 5.69 Å². The van der Waals surface area contributed by atoms with Crippen LogP contribution in [0.15, 0.2) is 65.7 Å². The van der Waals surface area contributed by atoms with Crippen molar-refractivity contribution >= 4 is 17.5 Å². The molecule has 0 aliphatic rings. The number of aromatic amines is 1. The Morgan fingerprint density at radius 2 is 1.97 bits per heavy atom. The Labute approximate surface area is 180 Å². The average Bonchev–Trinajstić information content (AvgIpc) is 3.17. The Morgan fingerprint density at radius 3 is 2.66 bits per heavy atom. The van der Waals surface area contributed by atoms with Crippen LogP contribution in [0.1, 0.15) is 26.4 Å². The van der Waals surface area contributed by atoms with Crippen LogP contribution < -0.4 is 21.3 Å². The summed E-state index contributed by atoms with van der Waals surface area (Å²) < 4.78 is 7.06. The largest absolute Gasteiger partial charge is 0.439 e. The fourth-order valence-corrected chi connectivity index (χ4v) is 2.87. The molecular formula is C21H17N7O4. The van der Waals surface area contributed by atoms with Crippen molar-refractivity contribution in [3.8, 4) is 17.4 Å². The predicted molar refractivity (Wildman–Crippen MR) is 114 cm³/mol. The molecule has 4 N–H and O–H groups in total.